The summed E-state index contributed by atoms with van der Waals surface area (Å²) in [6.07, 6.45) is 0. The lowest BCUT2D eigenvalue weighted by Gasteiger charge is -2.12. The predicted molar refractivity (Wildman–Crippen MR) is 85.3 cm³/mol. The molecule has 0 saturated heterocycles. The van der Waals surface area contributed by atoms with E-state index in [1.165, 1.54) is 38.3 Å². The lowest BCUT2D eigenvalue weighted by Crippen LogP contribution is -2.41. The van der Waals surface area contributed by atoms with E-state index in [1.54, 1.807) is 10.8 Å². The smallest absolute Gasteiger partial charge is 0.404 e. The molecule has 1 aromatic carbocycles. The Morgan fingerprint density at radius 2 is 2.04 bits per heavy atom. The minimum absolute atomic E-state index is 0.0490. The highest BCUT2D eigenvalue weighted by Gasteiger charge is 2.24. The number of hydrogen-bond donors (Lipinski definition) is 2. The molecule has 0 unspecified atom stereocenters. The second-order valence-electron chi connectivity index (χ2n) is 4.55. The number of ether oxygens (including phenoxy) is 1. The van der Waals surface area contributed by atoms with Crippen molar-refractivity contribution in [1.29, 1.82) is 0 Å². The molecule has 0 bridgehead atoms. The van der Waals surface area contributed by atoms with E-state index in [0.29, 0.717) is 4.73 Å². The quantitative estimate of drug-likeness (QED) is 0.613. The van der Waals surface area contributed by atoms with Gasteiger partial charge in [-0.3, -0.25) is 0 Å². The van der Waals surface area contributed by atoms with Crippen molar-refractivity contribution in [3.05, 3.63) is 46.3 Å². The molecule has 2 rings (SSSR count). The van der Waals surface area contributed by atoms with Crippen LogP contribution in [-0.2, 0) is 10.0 Å². The third-order valence-electron chi connectivity index (χ3n) is 2.85. The number of carbonyl (C=O) groups excluding carboxylic acids is 1. The van der Waals surface area contributed by atoms with Crippen molar-refractivity contribution in [3.63, 3.8) is 0 Å². The topological polar surface area (TPSA) is 124 Å². The molecule has 128 valence electrons. The Kier molecular flexibility index (Phi) is 5.10. The Labute approximate surface area is 142 Å². The average molecular weight is 373 g/mol. The van der Waals surface area contributed by atoms with Gasteiger partial charge in [0.2, 0.25) is 0 Å². The van der Waals surface area contributed by atoms with Crippen molar-refractivity contribution >= 4 is 33.6 Å². The van der Waals surface area contributed by atoms with Gasteiger partial charge in [0.15, 0.2) is 0 Å². The van der Waals surface area contributed by atoms with Crippen LogP contribution >= 0.6 is 11.6 Å². The first-order chi connectivity index (χ1) is 11.2. The van der Waals surface area contributed by atoms with E-state index in [0.717, 1.165) is 0 Å². The van der Waals surface area contributed by atoms with Crippen LogP contribution in [0.4, 0.5) is 10.7 Å². The van der Waals surface area contributed by atoms with E-state index < -0.39 is 22.0 Å². The van der Waals surface area contributed by atoms with E-state index >= 15 is 0 Å². The predicted octanol–water partition coefficient (Wildman–Crippen LogP) is 1.20. The Hall–Kier alpha value is -2.59. The Bertz CT molecular complexity index is 888. The molecule has 0 aliphatic carbocycles. The van der Waals surface area contributed by atoms with Gasteiger partial charge >= 0.3 is 12.0 Å². The zero-order chi connectivity index (χ0) is 17.9. The van der Waals surface area contributed by atoms with Crippen molar-refractivity contribution in [1.82, 2.24) is 9.71 Å². The minimum Gasteiger partial charge on any atom is -0.740 e. The molecule has 11 heteroatoms. The summed E-state index contributed by atoms with van der Waals surface area (Å²) in [6, 6.07) is 5.80. The molecule has 2 aromatic rings. The van der Waals surface area contributed by atoms with Gasteiger partial charge in [0.25, 0.3) is 15.9 Å². The van der Waals surface area contributed by atoms with E-state index in [9.17, 15) is 18.4 Å². The van der Waals surface area contributed by atoms with Crippen LogP contribution in [0.1, 0.15) is 5.69 Å². The average Bonchev–Trinajstić information content (AvgIpc) is 2.51. The summed E-state index contributed by atoms with van der Waals surface area (Å²) in [4.78, 5) is 15.4. The normalized spacial score (nSPS) is 11.0. The largest absolute Gasteiger partial charge is 0.740 e. The van der Waals surface area contributed by atoms with E-state index in [4.69, 9.17) is 16.3 Å². The molecule has 1 aromatic heterocycles. The third kappa shape index (κ3) is 3.84. The molecule has 0 aliphatic rings. The van der Waals surface area contributed by atoms with Gasteiger partial charge in [0, 0.05) is 0 Å². The third-order valence-corrected chi connectivity index (χ3v) is 4.68. The standard InChI is InChI=1S/C13H13ClN4O5S/c1-8-7-11(23-2)15-12(18(8)20)16-13(19)17-24(21,22)10-6-4-3-5-9(10)14/h3-7H,1-2H3,(H2,15,16,17,19). The monoisotopic (exact) mass is 372 g/mol. The lowest BCUT2D eigenvalue weighted by molar-refractivity contribution is -0.599. The molecule has 2 N–H and O–H groups in total. The van der Waals surface area contributed by atoms with E-state index in [2.05, 4.69) is 10.3 Å². The van der Waals surface area contributed by atoms with Gasteiger partial charge in [-0.2, -0.15) is 5.32 Å². The number of aromatic nitrogens is 2. The highest BCUT2D eigenvalue weighted by molar-refractivity contribution is 7.90. The first kappa shape index (κ1) is 17.8. The summed E-state index contributed by atoms with van der Waals surface area (Å²) in [6.45, 7) is 1.47. The van der Waals surface area contributed by atoms with Crippen molar-refractivity contribution in [2.24, 2.45) is 0 Å². The summed E-state index contributed by atoms with van der Waals surface area (Å²) >= 11 is 5.80. The molecular weight excluding hydrogens is 360 g/mol. The minimum atomic E-state index is -4.21. The number of hydrogen-bond acceptors (Lipinski definition) is 6. The van der Waals surface area contributed by atoms with Crippen LogP contribution in [0.3, 0.4) is 0 Å². The van der Waals surface area contributed by atoms with Crippen molar-refractivity contribution in [3.8, 4) is 5.88 Å². The number of rotatable bonds is 4. The summed E-state index contributed by atoms with van der Waals surface area (Å²) in [5.41, 5.74) is 0.200. The van der Waals surface area contributed by atoms with Crippen LogP contribution in [0.25, 0.3) is 0 Å². The maximum absolute atomic E-state index is 12.1. The number of nitrogens with one attached hydrogen (secondary N) is 2. The number of benzene rings is 1. The number of methoxy groups -OCH3 is 1. The molecule has 0 fully saturated rings. The number of urea groups is 1. The van der Waals surface area contributed by atoms with E-state index in [1.807, 2.05) is 0 Å². The van der Waals surface area contributed by atoms with Crippen LogP contribution in [0, 0.1) is 12.1 Å². The highest BCUT2D eigenvalue weighted by atomic mass is 35.5. The highest BCUT2D eigenvalue weighted by Crippen LogP contribution is 2.20. The fourth-order valence-electron chi connectivity index (χ4n) is 1.74. The van der Waals surface area contributed by atoms with Crippen molar-refractivity contribution in [2.75, 3.05) is 12.4 Å². The van der Waals surface area contributed by atoms with Gasteiger partial charge in [-0.25, -0.2) is 22.7 Å². The van der Waals surface area contributed by atoms with Crippen molar-refractivity contribution < 1.29 is 22.7 Å². The second kappa shape index (κ2) is 6.89. The van der Waals surface area contributed by atoms with Crippen LogP contribution in [0.2, 0.25) is 5.02 Å². The first-order valence-corrected chi connectivity index (χ1v) is 8.34. The van der Waals surface area contributed by atoms with Crippen LogP contribution in [0.15, 0.2) is 35.2 Å². The molecule has 0 spiro atoms. The van der Waals surface area contributed by atoms with Crippen LogP contribution < -0.4 is 19.5 Å². The fourth-order valence-corrected chi connectivity index (χ4v) is 3.16. The number of amides is 2. The lowest BCUT2D eigenvalue weighted by atomic mass is 10.4. The number of sulfonamides is 1. The zero-order valence-electron chi connectivity index (χ0n) is 12.6. The second-order valence-corrected chi connectivity index (χ2v) is 6.61. The molecule has 9 nitrogen and oxygen atoms in total. The molecule has 24 heavy (non-hydrogen) atoms. The molecular formula is C13H13ClN4O5S. The molecule has 0 saturated carbocycles. The molecule has 1 heterocycles. The Morgan fingerprint density at radius 3 is 2.67 bits per heavy atom. The van der Waals surface area contributed by atoms with Crippen LogP contribution in [-0.4, -0.2) is 26.5 Å². The number of nitrogens with zero attached hydrogens (tertiary/aromatic N) is 2. The molecule has 0 radical (unpaired) electrons. The zero-order valence-corrected chi connectivity index (χ0v) is 14.2. The summed E-state index contributed by atoms with van der Waals surface area (Å²) < 4.78 is 31.2. The number of aryl methyl sites for hydroxylation is 1. The number of anilines is 1. The van der Waals surface area contributed by atoms with Gasteiger partial charge in [0.1, 0.15) is 4.90 Å². The molecule has 2 amide bonds. The van der Waals surface area contributed by atoms with Gasteiger partial charge in [0.05, 0.1) is 23.9 Å². The van der Waals surface area contributed by atoms with Gasteiger partial charge in [-0.15, -0.1) is 0 Å². The van der Waals surface area contributed by atoms with Crippen molar-refractivity contribution in [2.45, 2.75) is 11.8 Å². The number of carbonyl (C=O) groups is 1. The van der Waals surface area contributed by atoms with Gasteiger partial charge in [-0.05, 0) is 24.0 Å². The Balaban J connectivity index is 2.23. The number of halogens is 1. The summed E-state index contributed by atoms with van der Waals surface area (Å²) in [5.74, 6) is -0.345. The van der Waals surface area contributed by atoms with E-state index in [-0.39, 0.29) is 21.5 Å². The SMILES string of the molecule is COc1cc(C)[n+]([O-])c(NC(=O)NS(=O)(=O)c2ccccc2Cl)n1. The van der Waals surface area contributed by atoms with Gasteiger partial charge < -0.3 is 9.94 Å². The Morgan fingerprint density at radius 1 is 1.38 bits per heavy atom. The molecule has 0 atom stereocenters. The maximum atomic E-state index is 12.1. The van der Waals surface area contributed by atoms with Crippen LogP contribution in [0.5, 0.6) is 5.88 Å². The maximum Gasteiger partial charge on any atom is 0.404 e. The summed E-state index contributed by atoms with van der Waals surface area (Å²) in [5, 5.41) is 13.9. The molecule has 0 aliphatic heterocycles. The first-order valence-electron chi connectivity index (χ1n) is 6.48. The summed E-state index contributed by atoms with van der Waals surface area (Å²) in [7, 11) is -2.88. The van der Waals surface area contributed by atoms with Gasteiger partial charge in [-0.1, -0.05) is 23.7 Å². The fraction of sp³-hybridized carbons (Fsp3) is 0.154.